The molecule has 0 radical (unpaired) electrons. The van der Waals surface area contributed by atoms with Crippen LogP contribution in [-0.4, -0.2) is 50.1 Å². The molecule has 1 aliphatic rings. The van der Waals surface area contributed by atoms with Gasteiger partial charge in [-0.15, -0.1) is 0 Å². The molecule has 1 amide bonds. The van der Waals surface area contributed by atoms with Gasteiger partial charge >= 0.3 is 0 Å². The van der Waals surface area contributed by atoms with Crippen LogP contribution in [-0.2, 0) is 4.79 Å². The molecule has 1 aliphatic heterocycles. The Morgan fingerprint density at radius 2 is 1.93 bits per heavy atom. The first-order chi connectivity index (χ1) is 14.6. The molecule has 30 heavy (non-hydrogen) atoms. The zero-order valence-electron chi connectivity index (χ0n) is 16.9. The minimum atomic E-state index is -0.335. The fourth-order valence-corrected chi connectivity index (χ4v) is 2.88. The largest absolute Gasteiger partial charge is 0.497 e. The standard InChI is InChI=1S/C23H23N3O4/c1-29-20-8-9-22(30-2)19(14-20)15-24-25-23(28)18-10-12-26(13-11-18)16-21(27)17-6-4-3-5-7-17/h3-12,14-15H,13,16H2,1-2H3,(H,25,28). The molecule has 0 atom stereocenters. The number of hydrazone groups is 1. The molecular weight excluding hydrogens is 382 g/mol. The average Bonchev–Trinajstić information content (AvgIpc) is 2.80. The number of Topliss-reactive ketones (excluding diaryl/α,β-unsaturated/α-hetero) is 1. The summed E-state index contributed by atoms with van der Waals surface area (Å²) < 4.78 is 10.5. The van der Waals surface area contributed by atoms with Gasteiger partial charge in [0.15, 0.2) is 5.78 Å². The van der Waals surface area contributed by atoms with Gasteiger partial charge in [0.25, 0.3) is 5.91 Å². The van der Waals surface area contributed by atoms with Crippen LogP contribution in [0.1, 0.15) is 15.9 Å². The molecule has 1 heterocycles. The van der Waals surface area contributed by atoms with E-state index in [9.17, 15) is 9.59 Å². The maximum Gasteiger partial charge on any atom is 0.271 e. The Labute approximate surface area is 175 Å². The molecule has 0 bridgehead atoms. The topological polar surface area (TPSA) is 80.2 Å². The minimum Gasteiger partial charge on any atom is -0.497 e. The van der Waals surface area contributed by atoms with Gasteiger partial charge in [-0.1, -0.05) is 36.4 Å². The van der Waals surface area contributed by atoms with Crippen LogP contribution in [0.3, 0.4) is 0 Å². The lowest BCUT2D eigenvalue weighted by Gasteiger charge is -2.21. The molecule has 0 unspecified atom stereocenters. The number of hydrogen-bond donors (Lipinski definition) is 1. The highest BCUT2D eigenvalue weighted by Gasteiger charge is 2.14. The smallest absolute Gasteiger partial charge is 0.271 e. The molecule has 7 nitrogen and oxygen atoms in total. The van der Waals surface area contributed by atoms with Crippen LogP contribution >= 0.6 is 0 Å². The fourth-order valence-electron chi connectivity index (χ4n) is 2.88. The van der Waals surface area contributed by atoms with Gasteiger partial charge in [0.2, 0.25) is 0 Å². The quantitative estimate of drug-likeness (QED) is 0.415. The number of amides is 1. The van der Waals surface area contributed by atoms with Crippen molar-refractivity contribution in [3.8, 4) is 11.5 Å². The molecule has 0 aromatic heterocycles. The number of nitrogens with zero attached hydrogens (tertiary/aromatic N) is 2. The number of carbonyl (C=O) groups excluding carboxylic acids is 2. The summed E-state index contributed by atoms with van der Waals surface area (Å²) in [6.45, 7) is 0.713. The Morgan fingerprint density at radius 1 is 1.13 bits per heavy atom. The lowest BCUT2D eigenvalue weighted by Crippen LogP contribution is -2.29. The van der Waals surface area contributed by atoms with E-state index in [2.05, 4.69) is 10.5 Å². The number of methoxy groups -OCH3 is 2. The van der Waals surface area contributed by atoms with E-state index in [1.54, 1.807) is 62.9 Å². The lowest BCUT2D eigenvalue weighted by atomic mass is 10.1. The third-order valence-electron chi connectivity index (χ3n) is 4.52. The van der Waals surface area contributed by atoms with E-state index in [1.165, 1.54) is 6.21 Å². The molecule has 0 aliphatic carbocycles. The number of hydrogen-bond acceptors (Lipinski definition) is 6. The number of nitrogens with one attached hydrogen (secondary N) is 1. The zero-order chi connectivity index (χ0) is 21.3. The van der Waals surface area contributed by atoms with Gasteiger partial charge in [0, 0.05) is 29.4 Å². The Bertz CT molecular complexity index is 997. The van der Waals surface area contributed by atoms with Crippen molar-refractivity contribution in [2.45, 2.75) is 0 Å². The van der Waals surface area contributed by atoms with Crippen LogP contribution in [0.25, 0.3) is 0 Å². The van der Waals surface area contributed by atoms with Gasteiger partial charge in [-0.25, -0.2) is 5.43 Å². The monoisotopic (exact) mass is 405 g/mol. The number of ketones is 1. The summed E-state index contributed by atoms with van der Waals surface area (Å²) in [5.41, 5.74) is 4.32. The highest BCUT2D eigenvalue weighted by atomic mass is 16.5. The summed E-state index contributed by atoms with van der Waals surface area (Å²) >= 11 is 0. The van der Waals surface area contributed by atoms with Crippen molar-refractivity contribution in [3.63, 3.8) is 0 Å². The first kappa shape index (κ1) is 20.9. The first-order valence-corrected chi connectivity index (χ1v) is 9.37. The van der Waals surface area contributed by atoms with E-state index in [1.807, 2.05) is 23.1 Å². The van der Waals surface area contributed by atoms with Crippen LogP contribution < -0.4 is 14.9 Å². The molecule has 7 heteroatoms. The third-order valence-corrected chi connectivity index (χ3v) is 4.52. The molecule has 0 fully saturated rings. The van der Waals surface area contributed by atoms with E-state index in [-0.39, 0.29) is 18.2 Å². The number of ether oxygens (including phenoxy) is 2. The Balaban J connectivity index is 1.54. The van der Waals surface area contributed by atoms with E-state index >= 15 is 0 Å². The maximum atomic E-state index is 12.3. The van der Waals surface area contributed by atoms with Crippen LogP contribution in [0.4, 0.5) is 0 Å². The zero-order valence-corrected chi connectivity index (χ0v) is 16.9. The van der Waals surface area contributed by atoms with Crippen molar-refractivity contribution in [2.75, 3.05) is 27.3 Å². The fraction of sp³-hybridized carbons (Fsp3) is 0.174. The van der Waals surface area contributed by atoms with E-state index < -0.39 is 0 Å². The van der Waals surface area contributed by atoms with Crippen molar-refractivity contribution in [1.29, 1.82) is 0 Å². The van der Waals surface area contributed by atoms with Crippen LogP contribution in [0.2, 0.25) is 0 Å². The molecule has 2 aromatic rings. The number of rotatable bonds is 8. The van der Waals surface area contributed by atoms with Crippen molar-refractivity contribution >= 4 is 17.9 Å². The van der Waals surface area contributed by atoms with Gasteiger partial charge in [-0.3, -0.25) is 9.59 Å². The maximum absolute atomic E-state index is 12.3. The first-order valence-electron chi connectivity index (χ1n) is 9.37. The molecule has 3 rings (SSSR count). The summed E-state index contributed by atoms with van der Waals surface area (Å²) in [7, 11) is 3.13. The molecule has 0 spiro atoms. The van der Waals surface area contributed by atoms with Crippen LogP contribution in [0, 0.1) is 0 Å². The van der Waals surface area contributed by atoms with Crippen LogP contribution in [0.15, 0.2) is 77.6 Å². The summed E-state index contributed by atoms with van der Waals surface area (Å²) in [5, 5.41) is 4.01. The molecular formula is C23H23N3O4. The van der Waals surface area contributed by atoms with Gasteiger partial charge < -0.3 is 14.4 Å². The van der Waals surface area contributed by atoms with E-state index in [4.69, 9.17) is 9.47 Å². The van der Waals surface area contributed by atoms with Crippen molar-refractivity contribution in [1.82, 2.24) is 10.3 Å². The number of benzene rings is 2. The van der Waals surface area contributed by atoms with Crippen molar-refractivity contribution in [2.24, 2.45) is 5.10 Å². The third kappa shape index (κ3) is 5.35. The van der Waals surface area contributed by atoms with E-state index in [0.717, 1.165) is 0 Å². The second-order valence-corrected chi connectivity index (χ2v) is 6.50. The molecule has 2 aromatic carbocycles. The number of carbonyl (C=O) groups is 2. The highest BCUT2D eigenvalue weighted by molar-refractivity contribution is 5.98. The highest BCUT2D eigenvalue weighted by Crippen LogP contribution is 2.22. The summed E-state index contributed by atoms with van der Waals surface area (Å²) in [6, 6.07) is 14.4. The molecule has 154 valence electrons. The Kier molecular flexibility index (Phi) is 7.00. The Hall–Kier alpha value is -3.87. The van der Waals surface area contributed by atoms with Gasteiger partial charge in [0.1, 0.15) is 11.5 Å². The summed E-state index contributed by atoms with van der Waals surface area (Å²) in [5.74, 6) is 0.965. The predicted octanol–water partition coefficient (Wildman–Crippen LogP) is 2.79. The lowest BCUT2D eigenvalue weighted by molar-refractivity contribution is -0.117. The van der Waals surface area contributed by atoms with Gasteiger partial charge in [-0.2, -0.15) is 5.10 Å². The summed E-state index contributed by atoms with van der Waals surface area (Å²) in [6.07, 6.45) is 6.66. The molecule has 0 saturated heterocycles. The van der Waals surface area contributed by atoms with E-state index in [0.29, 0.717) is 34.7 Å². The predicted molar refractivity (Wildman–Crippen MR) is 115 cm³/mol. The van der Waals surface area contributed by atoms with Crippen molar-refractivity contribution in [3.05, 3.63) is 83.6 Å². The minimum absolute atomic E-state index is 0.0263. The normalized spacial score (nSPS) is 13.1. The average molecular weight is 405 g/mol. The summed E-state index contributed by atoms with van der Waals surface area (Å²) in [4.78, 5) is 26.5. The molecule has 0 saturated carbocycles. The second-order valence-electron chi connectivity index (χ2n) is 6.50. The Morgan fingerprint density at radius 3 is 2.60 bits per heavy atom. The molecule has 1 N–H and O–H groups in total. The van der Waals surface area contributed by atoms with Gasteiger partial charge in [-0.05, 0) is 24.3 Å². The SMILES string of the molecule is COc1ccc(OC)c(C=NNC(=O)C2=CCN(CC(=O)c3ccccc3)C=C2)c1. The van der Waals surface area contributed by atoms with Gasteiger partial charge in [0.05, 0.1) is 27.0 Å². The van der Waals surface area contributed by atoms with Crippen LogP contribution in [0.5, 0.6) is 11.5 Å². The second kappa shape index (κ2) is 10.1. The van der Waals surface area contributed by atoms with Crippen molar-refractivity contribution < 1.29 is 19.1 Å².